The van der Waals surface area contributed by atoms with Crippen molar-refractivity contribution in [3.05, 3.63) is 0 Å². The van der Waals surface area contributed by atoms with Crippen LogP contribution in [0, 0.1) is 0 Å². The van der Waals surface area contributed by atoms with E-state index in [0.29, 0.717) is 12.8 Å². The second kappa shape index (κ2) is 13.5. The molecule has 24 heavy (non-hydrogen) atoms. The van der Waals surface area contributed by atoms with E-state index in [1.807, 2.05) is 6.92 Å². The largest absolute Gasteiger partial charge is 0.483 e. The van der Waals surface area contributed by atoms with Gasteiger partial charge >= 0.3 is 15.6 Å². The number of phosphoric acid groups is 2. The molecule has 2 unspecified atom stereocenters. The molecular formula is C15H34O7P2. The van der Waals surface area contributed by atoms with Gasteiger partial charge in [-0.2, -0.15) is 4.31 Å². The van der Waals surface area contributed by atoms with Crippen LogP contribution >= 0.6 is 15.6 Å². The first-order valence-electron chi connectivity index (χ1n) is 8.86. The molecule has 0 bridgehead atoms. The third kappa shape index (κ3) is 13.5. The Hall–Kier alpha value is 0.260. The van der Waals surface area contributed by atoms with Crippen LogP contribution in [0.4, 0.5) is 0 Å². The van der Waals surface area contributed by atoms with Gasteiger partial charge in [0, 0.05) is 0 Å². The summed E-state index contributed by atoms with van der Waals surface area (Å²) in [5.41, 5.74) is 0. The lowest BCUT2D eigenvalue weighted by Crippen LogP contribution is -2.06. The highest BCUT2D eigenvalue weighted by molar-refractivity contribution is 7.61. The molecule has 1 N–H and O–H groups in total. The van der Waals surface area contributed by atoms with Crippen LogP contribution in [0.2, 0.25) is 0 Å². The molecule has 2 atom stereocenters. The van der Waals surface area contributed by atoms with Crippen LogP contribution in [-0.4, -0.2) is 24.2 Å². The lowest BCUT2D eigenvalue weighted by molar-refractivity contribution is 0.112. The first-order chi connectivity index (χ1) is 11.2. The van der Waals surface area contributed by atoms with Crippen molar-refractivity contribution >= 4 is 15.6 Å². The van der Waals surface area contributed by atoms with E-state index in [1.54, 1.807) is 13.8 Å². The van der Waals surface area contributed by atoms with Crippen LogP contribution in [0.3, 0.4) is 0 Å². The Balaban J connectivity index is 4.43. The van der Waals surface area contributed by atoms with Gasteiger partial charge in [-0.15, -0.1) is 0 Å². The topological polar surface area (TPSA) is 91.3 Å². The monoisotopic (exact) mass is 388 g/mol. The number of unbranched alkanes of at least 4 members (excludes halogenated alkanes) is 6. The van der Waals surface area contributed by atoms with Crippen LogP contribution in [-0.2, 0) is 27.0 Å². The lowest BCUT2D eigenvalue weighted by atomic mass is 10.1. The molecular weight excluding hydrogens is 354 g/mol. The van der Waals surface area contributed by atoms with Crippen LogP contribution in [0.25, 0.3) is 0 Å². The number of phosphoric ester groups is 2. The van der Waals surface area contributed by atoms with Crippen molar-refractivity contribution in [1.82, 2.24) is 0 Å². The fourth-order valence-corrected chi connectivity index (χ4v) is 4.73. The molecule has 0 aliphatic rings. The van der Waals surface area contributed by atoms with E-state index in [1.165, 1.54) is 12.8 Å². The van der Waals surface area contributed by atoms with Gasteiger partial charge in [0.1, 0.15) is 0 Å². The molecule has 7 nitrogen and oxygen atoms in total. The van der Waals surface area contributed by atoms with E-state index in [9.17, 15) is 14.0 Å². The third-order valence-electron chi connectivity index (χ3n) is 3.04. The standard InChI is InChI=1S/C15H34O7P2/c1-5-7-9-10-11-12-14-20-24(18,19-13-8-6-2)22-23(16,17)21-15(3)4/h15H,5-14H2,1-4H3,(H,16,17). The van der Waals surface area contributed by atoms with E-state index in [4.69, 9.17) is 17.9 Å². The minimum Gasteiger partial charge on any atom is -0.302 e. The maximum atomic E-state index is 12.5. The Morgan fingerprint density at radius 3 is 1.88 bits per heavy atom. The van der Waals surface area contributed by atoms with Gasteiger partial charge in [0.2, 0.25) is 0 Å². The summed E-state index contributed by atoms with van der Waals surface area (Å²) in [4.78, 5) is 9.66. The molecule has 0 aromatic carbocycles. The lowest BCUT2D eigenvalue weighted by Gasteiger charge is -2.21. The second-order valence-electron chi connectivity index (χ2n) is 5.94. The van der Waals surface area contributed by atoms with Crippen molar-refractivity contribution in [3.63, 3.8) is 0 Å². The Bertz CT molecular complexity index is 401. The average Bonchev–Trinajstić information content (AvgIpc) is 2.44. The molecule has 0 aliphatic carbocycles. The van der Waals surface area contributed by atoms with Crippen molar-refractivity contribution in [2.24, 2.45) is 0 Å². The molecule has 0 radical (unpaired) electrons. The summed E-state index contributed by atoms with van der Waals surface area (Å²) in [5.74, 6) is 0. The van der Waals surface area contributed by atoms with E-state index in [2.05, 4.69) is 6.92 Å². The Morgan fingerprint density at radius 1 is 0.833 bits per heavy atom. The molecule has 0 saturated carbocycles. The minimum absolute atomic E-state index is 0.131. The molecule has 0 aliphatic heterocycles. The highest BCUT2D eigenvalue weighted by atomic mass is 31.3. The van der Waals surface area contributed by atoms with E-state index < -0.39 is 21.7 Å². The van der Waals surface area contributed by atoms with Gasteiger partial charge in [0.25, 0.3) is 0 Å². The first kappa shape index (κ1) is 24.3. The van der Waals surface area contributed by atoms with Crippen molar-refractivity contribution in [1.29, 1.82) is 0 Å². The molecule has 146 valence electrons. The fraction of sp³-hybridized carbons (Fsp3) is 1.00. The van der Waals surface area contributed by atoms with E-state index in [-0.39, 0.29) is 13.2 Å². The average molecular weight is 388 g/mol. The molecule has 0 spiro atoms. The maximum absolute atomic E-state index is 12.5. The van der Waals surface area contributed by atoms with Gasteiger partial charge in [-0.3, -0.25) is 13.6 Å². The van der Waals surface area contributed by atoms with Crippen LogP contribution in [0.5, 0.6) is 0 Å². The van der Waals surface area contributed by atoms with Gasteiger partial charge < -0.3 is 4.89 Å². The van der Waals surface area contributed by atoms with Crippen LogP contribution in [0.1, 0.15) is 79.1 Å². The normalized spacial score (nSPS) is 16.9. The molecule has 0 aromatic heterocycles. The Morgan fingerprint density at radius 2 is 1.33 bits per heavy atom. The van der Waals surface area contributed by atoms with Gasteiger partial charge in [-0.25, -0.2) is 9.13 Å². The summed E-state index contributed by atoms with van der Waals surface area (Å²) < 4.78 is 44.2. The van der Waals surface area contributed by atoms with Crippen molar-refractivity contribution in [3.8, 4) is 0 Å². The van der Waals surface area contributed by atoms with Crippen molar-refractivity contribution < 1.29 is 31.9 Å². The highest BCUT2D eigenvalue weighted by Crippen LogP contribution is 2.63. The zero-order valence-corrected chi connectivity index (χ0v) is 17.2. The van der Waals surface area contributed by atoms with E-state index >= 15 is 0 Å². The molecule has 9 heteroatoms. The predicted octanol–water partition coefficient (Wildman–Crippen LogP) is 5.83. The van der Waals surface area contributed by atoms with Gasteiger partial charge in [-0.05, 0) is 26.7 Å². The highest BCUT2D eigenvalue weighted by Gasteiger charge is 2.38. The first-order valence-corrected chi connectivity index (χ1v) is 11.8. The van der Waals surface area contributed by atoms with E-state index in [0.717, 1.165) is 25.7 Å². The maximum Gasteiger partial charge on any atom is 0.483 e. The molecule has 0 aromatic rings. The summed E-state index contributed by atoms with van der Waals surface area (Å²) in [6, 6.07) is 0. The van der Waals surface area contributed by atoms with Gasteiger partial charge in [-0.1, -0.05) is 52.4 Å². The van der Waals surface area contributed by atoms with Crippen molar-refractivity contribution in [2.45, 2.75) is 85.2 Å². The SMILES string of the molecule is CCCCCCCCOP(=O)(OCCCC)OP(=O)(O)OC(C)C. The summed E-state index contributed by atoms with van der Waals surface area (Å²) in [6.45, 7) is 7.53. The second-order valence-corrected chi connectivity index (χ2v) is 9.15. The van der Waals surface area contributed by atoms with Crippen LogP contribution in [0.15, 0.2) is 0 Å². The zero-order chi connectivity index (χ0) is 18.5. The molecule has 0 saturated heterocycles. The predicted molar refractivity (Wildman–Crippen MR) is 94.9 cm³/mol. The summed E-state index contributed by atoms with van der Waals surface area (Å²) in [5, 5.41) is 0. The van der Waals surface area contributed by atoms with Gasteiger partial charge in [0.05, 0.1) is 19.3 Å². The zero-order valence-electron chi connectivity index (χ0n) is 15.4. The number of rotatable bonds is 16. The molecule has 0 rings (SSSR count). The Labute approximate surface area is 146 Å². The number of hydrogen-bond acceptors (Lipinski definition) is 6. The summed E-state index contributed by atoms with van der Waals surface area (Å²) >= 11 is 0. The van der Waals surface area contributed by atoms with Gasteiger partial charge in [0.15, 0.2) is 0 Å². The third-order valence-corrected chi connectivity index (χ3v) is 6.35. The fourth-order valence-electron chi connectivity index (χ4n) is 1.88. The summed E-state index contributed by atoms with van der Waals surface area (Å²) in [6.07, 6.45) is 7.16. The molecule has 0 fully saturated rings. The minimum atomic E-state index is -4.50. The summed E-state index contributed by atoms with van der Waals surface area (Å²) in [7, 11) is -8.63. The Kier molecular flexibility index (Phi) is 13.6. The number of hydrogen-bond donors (Lipinski definition) is 1. The smallest absolute Gasteiger partial charge is 0.302 e. The molecule has 0 heterocycles. The van der Waals surface area contributed by atoms with Crippen molar-refractivity contribution in [2.75, 3.05) is 13.2 Å². The molecule has 0 amide bonds. The van der Waals surface area contributed by atoms with Crippen LogP contribution < -0.4 is 0 Å². The quantitative estimate of drug-likeness (QED) is 0.263.